The van der Waals surface area contributed by atoms with Crippen molar-refractivity contribution >= 4 is 17.5 Å². The summed E-state index contributed by atoms with van der Waals surface area (Å²) < 4.78 is 5.73. The number of amides is 2. The molecule has 1 N–H and O–H groups in total. The Morgan fingerprint density at radius 1 is 1.27 bits per heavy atom. The minimum atomic E-state index is -1.03. The van der Waals surface area contributed by atoms with Crippen LogP contribution in [0.5, 0.6) is 0 Å². The summed E-state index contributed by atoms with van der Waals surface area (Å²) in [6.45, 7) is 3.52. The van der Waals surface area contributed by atoms with E-state index in [2.05, 4.69) is 0 Å². The maximum atomic E-state index is 12.9. The minimum Gasteiger partial charge on any atom is -0.393 e. The first-order chi connectivity index (χ1) is 10.5. The highest BCUT2D eigenvalue weighted by Gasteiger charge is 2.67. The fourth-order valence-corrected chi connectivity index (χ4v) is 3.88. The summed E-state index contributed by atoms with van der Waals surface area (Å²) in [4.78, 5) is 27.0. The molecule has 0 aliphatic carbocycles. The standard InChI is InChI=1S/C17H17NO4/c1-9-3-4-10(2)11(7-9)18-15(20)13-12-5-6-17(8-19,22-12)14(13)16(18)21/h3-7,12-14,19H,8H2,1-2H3/t12-,13+,14+,17-/m1/s1. The van der Waals surface area contributed by atoms with Crippen LogP contribution in [0.3, 0.4) is 0 Å². The third kappa shape index (κ3) is 1.50. The van der Waals surface area contributed by atoms with Crippen LogP contribution in [0, 0.1) is 25.7 Å². The van der Waals surface area contributed by atoms with Gasteiger partial charge in [0.25, 0.3) is 0 Å². The maximum absolute atomic E-state index is 12.9. The van der Waals surface area contributed by atoms with Gasteiger partial charge in [-0.05, 0) is 31.0 Å². The van der Waals surface area contributed by atoms with Crippen LogP contribution in [0.2, 0.25) is 0 Å². The number of hydrogen-bond acceptors (Lipinski definition) is 4. The molecule has 2 saturated heterocycles. The number of rotatable bonds is 2. The van der Waals surface area contributed by atoms with E-state index in [1.807, 2.05) is 32.0 Å². The molecule has 22 heavy (non-hydrogen) atoms. The van der Waals surface area contributed by atoms with E-state index in [4.69, 9.17) is 4.74 Å². The summed E-state index contributed by atoms with van der Waals surface area (Å²) in [7, 11) is 0. The fourth-order valence-electron chi connectivity index (χ4n) is 3.88. The second-order valence-corrected chi connectivity index (χ2v) is 6.36. The molecule has 4 rings (SSSR count). The Labute approximate surface area is 128 Å². The van der Waals surface area contributed by atoms with Crippen LogP contribution >= 0.6 is 0 Å². The van der Waals surface area contributed by atoms with Gasteiger partial charge in [0.1, 0.15) is 5.60 Å². The number of carbonyl (C=O) groups excluding carboxylic acids is 2. The number of anilines is 1. The number of ether oxygens (including phenoxy) is 1. The molecule has 4 atom stereocenters. The number of aliphatic hydroxyl groups excluding tert-OH is 1. The third-order valence-corrected chi connectivity index (χ3v) is 5.01. The predicted octanol–water partition coefficient (Wildman–Crippen LogP) is 1.11. The summed E-state index contributed by atoms with van der Waals surface area (Å²) in [5.74, 6) is -1.65. The zero-order chi connectivity index (χ0) is 15.6. The van der Waals surface area contributed by atoms with Gasteiger partial charge < -0.3 is 9.84 Å². The first-order valence-electron chi connectivity index (χ1n) is 7.41. The molecule has 3 aliphatic heterocycles. The van der Waals surface area contributed by atoms with Gasteiger partial charge in [-0.1, -0.05) is 24.3 Å². The van der Waals surface area contributed by atoms with Gasteiger partial charge in [0.05, 0.1) is 30.2 Å². The van der Waals surface area contributed by atoms with Crippen LogP contribution in [0.4, 0.5) is 5.69 Å². The zero-order valence-corrected chi connectivity index (χ0v) is 12.4. The summed E-state index contributed by atoms with van der Waals surface area (Å²) in [6, 6.07) is 5.72. The second-order valence-electron chi connectivity index (χ2n) is 6.36. The smallest absolute Gasteiger partial charge is 0.241 e. The van der Waals surface area contributed by atoms with Gasteiger partial charge in [-0.25, -0.2) is 4.90 Å². The molecule has 1 aromatic carbocycles. The molecule has 0 spiro atoms. The molecule has 3 heterocycles. The van der Waals surface area contributed by atoms with Crippen LogP contribution in [0.25, 0.3) is 0 Å². The average Bonchev–Trinajstić information content (AvgIpc) is 3.14. The number of imide groups is 1. The molecule has 0 saturated carbocycles. The van der Waals surface area contributed by atoms with Gasteiger partial charge in [-0.15, -0.1) is 0 Å². The Kier molecular flexibility index (Phi) is 2.65. The summed E-state index contributed by atoms with van der Waals surface area (Å²) in [6.07, 6.45) is 3.11. The van der Waals surface area contributed by atoms with E-state index >= 15 is 0 Å². The van der Waals surface area contributed by atoms with Gasteiger partial charge in [0.2, 0.25) is 11.8 Å². The summed E-state index contributed by atoms with van der Waals surface area (Å²) >= 11 is 0. The van der Waals surface area contributed by atoms with Crippen molar-refractivity contribution in [3.63, 3.8) is 0 Å². The Morgan fingerprint density at radius 2 is 2.05 bits per heavy atom. The first-order valence-corrected chi connectivity index (χ1v) is 7.41. The van der Waals surface area contributed by atoms with Crippen molar-refractivity contribution in [2.45, 2.75) is 25.6 Å². The lowest BCUT2D eigenvalue weighted by Crippen LogP contribution is -2.43. The van der Waals surface area contributed by atoms with Crippen molar-refractivity contribution < 1.29 is 19.4 Å². The molecule has 5 heteroatoms. The lowest BCUT2D eigenvalue weighted by atomic mass is 9.77. The first kappa shape index (κ1) is 13.7. The van der Waals surface area contributed by atoms with E-state index in [0.717, 1.165) is 11.1 Å². The highest BCUT2D eigenvalue weighted by molar-refractivity contribution is 6.23. The largest absolute Gasteiger partial charge is 0.393 e. The highest BCUT2D eigenvalue weighted by Crippen LogP contribution is 2.52. The van der Waals surface area contributed by atoms with E-state index in [0.29, 0.717) is 5.69 Å². The molecular formula is C17H17NO4. The van der Waals surface area contributed by atoms with Crippen LogP contribution in [0.15, 0.2) is 30.4 Å². The van der Waals surface area contributed by atoms with E-state index < -0.39 is 23.5 Å². The SMILES string of the molecule is Cc1ccc(C)c(N2C(=O)[C@@H]3[C@@H](C2=O)[C@]2(CO)C=C[C@H]3O2)c1. The fraction of sp³-hybridized carbons (Fsp3) is 0.412. The van der Waals surface area contributed by atoms with Gasteiger partial charge in [-0.3, -0.25) is 9.59 Å². The van der Waals surface area contributed by atoms with E-state index in [1.54, 1.807) is 12.2 Å². The molecule has 3 aliphatic rings. The molecular weight excluding hydrogens is 282 g/mol. The second kappa shape index (κ2) is 4.27. The van der Waals surface area contributed by atoms with Crippen molar-refractivity contribution in [1.82, 2.24) is 0 Å². The summed E-state index contributed by atoms with van der Waals surface area (Å²) in [5.41, 5.74) is 1.48. The molecule has 2 bridgehead atoms. The van der Waals surface area contributed by atoms with E-state index in [1.165, 1.54) is 4.90 Å². The lowest BCUT2D eigenvalue weighted by molar-refractivity contribution is -0.128. The minimum absolute atomic E-state index is 0.228. The molecule has 0 radical (unpaired) electrons. The molecule has 2 fully saturated rings. The average molecular weight is 299 g/mol. The Balaban J connectivity index is 1.81. The molecule has 0 unspecified atom stereocenters. The van der Waals surface area contributed by atoms with Crippen LogP contribution in [-0.4, -0.2) is 35.2 Å². The van der Waals surface area contributed by atoms with Gasteiger partial charge >= 0.3 is 0 Å². The van der Waals surface area contributed by atoms with Gasteiger partial charge in [0.15, 0.2) is 0 Å². The molecule has 114 valence electrons. The predicted molar refractivity (Wildman–Crippen MR) is 79.2 cm³/mol. The lowest BCUT2D eigenvalue weighted by Gasteiger charge is -2.26. The van der Waals surface area contributed by atoms with Crippen molar-refractivity contribution in [3.05, 3.63) is 41.5 Å². The van der Waals surface area contributed by atoms with Gasteiger partial charge in [0, 0.05) is 0 Å². The monoisotopic (exact) mass is 299 g/mol. The number of benzene rings is 1. The quantitative estimate of drug-likeness (QED) is 0.656. The van der Waals surface area contributed by atoms with E-state index in [9.17, 15) is 14.7 Å². The molecule has 0 aromatic heterocycles. The Morgan fingerprint density at radius 3 is 2.77 bits per heavy atom. The van der Waals surface area contributed by atoms with Crippen molar-refractivity contribution in [2.75, 3.05) is 11.5 Å². The normalized spacial score (nSPS) is 35.6. The number of aryl methyl sites for hydroxylation is 2. The molecule has 1 aromatic rings. The Hall–Kier alpha value is -1.98. The van der Waals surface area contributed by atoms with Crippen LogP contribution in [0.1, 0.15) is 11.1 Å². The molecule has 2 amide bonds. The van der Waals surface area contributed by atoms with Crippen LogP contribution < -0.4 is 4.90 Å². The van der Waals surface area contributed by atoms with Crippen molar-refractivity contribution in [1.29, 1.82) is 0 Å². The third-order valence-electron chi connectivity index (χ3n) is 5.01. The summed E-state index contributed by atoms with van der Waals surface area (Å²) in [5, 5.41) is 9.69. The highest BCUT2D eigenvalue weighted by atomic mass is 16.5. The zero-order valence-electron chi connectivity index (χ0n) is 12.4. The van der Waals surface area contributed by atoms with Crippen LogP contribution in [-0.2, 0) is 14.3 Å². The maximum Gasteiger partial charge on any atom is 0.241 e. The topological polar surface area (TPSA) is 66.8 Å². The van der Waals surface area contributed by atoms with E-state index in [-0.39, 0.29) is 18.4 Å². The molecule has 5 nitrogen and oxygen atoms in total. The number of nitrogens with zero attached hydrogens (tertiary/aromatic N) is 1. The number of fused-ring (bicyclic) bond motifs is 5. The van der Waals surface area contributed by atoms with Gasteiger partial charge in [-0.2, -0.15) is 0 Å². The number of aliphatic hydroxyl groups is 1. The van der Waals surface area contributed by atoms with Crippen molar-refractivity contribution in [2.24, 2.45) is 11.8 Å². The number of carbonyl (C=O) groups is 2. The van der Waals surface area contributed by atoms with Crippen molar-refractivity contribution in [3.8, 4) is 0 Å². The Bertz CT molecular complexity index is 725. The number of hydrogen-bond donors (Lipinski definition) is 1.